The van der Waals surface area contributed by atoms with Gasteiger partial charge in [0.2, 0.25) is 0 Å². The number of likely N-dealkylation sites (N-methyl/N-ethyl adjacent to an activating group) is 1. The predicted molar refractivity (Wildman–Crippen MR) is 161 cm³/mol. The number of aromatic amines is 1. The number of fused-ring (bicyclic) bond motifs is 2. The number of aryl methyl sites for hydroxylation is 1. The Kier molecular flexibility index (Phi) is 9.65. The summed E-state index contributed by atoms with van der Waals surface area (Å²) < 4.78 is 54.4. The number of likely N-dealkylation sites (tertiary alicyclic amines) is 1. The Balaban J connectivity index is 0.000000515. The highest BCUT2D eigenvalue weighted by Gasteiger charge is 2.38. The van der Waals surface area contributed by atoms with Crippen LogP contribution >= 0.6 is 11.6 Å². The number of nitrogens with zero attached hydrogens (tertiary/aromatic N) is 5. The van der Waals surface area contributed by atoms with Gasteiger partial charge < -0.3 is 24.7 Å². The highest BCUT2D eigenvalue weighted by molar-refractivity contribution is 6.35. The van der Waals surface area contributed by atoms with E-state index in [1.54, 1.807) is 12.3 Å². The van der Waals surface area contributed by atoms with Crippen molar-refractivity contribution in [3.8, 4) is 17.1 Å². The average Bonchev–Trinajstić information content (AvgIpc) is 3.57. The molecule has 2 aliphatic rings. The summed E-state index contributed by atoms with van der Waals surface area (Å²) in [6.07, 6.45) is 0.577. The smallest absolute Gasteiger partial charge is 0.475 e. The number of aliphatic hydroxyl groups is 1. The summed E-state index contributed by atoms with van der Waals surface area (Å²) in [4.78, 5) is 22.6. The summed E-state index contributed by atoms with van der Waals surface area (Å²) in [5.41, 5.74) is 2.84. The third-order valence-corrected chi connectivity index (χ3v) is 8.54. The molecule has 15 heteroatoms. The molecule has 2 aromatic heterocycles. The Morgan fingerprint density at radius 2 is 1.84 bits per heavy atom. The van der Waals surface area contributed by atoms with Crippen LogP contribution < -0.4 is 9.64 Å². The van der Waals surface area contributed by atoms with Gasteiger partial charge in [-0.05, 0) is 70.3 Å². The monoisotopic (exact) mass is 652 g/mol. The predicted octanol–water partition coefficient (Wildman–Crippen LogP) is 5.73. The molecular weight excluding hydrogens is 620 g/mol. The molecule has 10 nitrogen and oxygen atoms in total. The third kappa shape index (κ3) is 7.07. The van der Waals surface area contributed by atoms with Crippen LogP contribution in [0.5, 0.6) is 6.01 Å². The number of ether oxygens (including phenoxy) is 1. The molecule has 3 N–H and O–H groups in total. The lowest BCUT2D eigenvalue weighted by atomic mass is 9.95. The van der Waals surface area contributed by atoms with Crippen LogP contribution in [0.15, 0.2) is 24.4 Å². The van der Waals surface area contributed by atoms with Crippen LogP contribution in [0, 0.1) is 12.7 Å². The second-order valence-electron chi connectivity index (χ2n) is 11.3. The average molecular weight is 653 g/mol. The number of hydrogen-bond acceptors (Lipinski definition) is 8. The van der Waals surface area contributed by atoms with Crippen molar-refractivity contribution in [3.63, 3.8) is 0 Å². The lowest BCUT2D eigenvalue weighted by Crippen LogP contribution is -2.31. The fourth-order valence-corrected chi connectivity index (χ4v) is 6.09. The number of H-pyrrole nitrogens is 1. The van der Waals surface area contributed by atoms with E-state index in [9.17, 15) is 18.3 Å². The van der Waals surface area contributed by atoms with Gasteiger partial charge in [-0.25, -0.2) is 9.18 Å². The van der Waals surface area contributed by atoms with Crippen LogP contribution in [0.4, 0.5) is 23.4 Å². The standard InChI is InChI=1S/C28H32ClFN6O2.C2HF3O2/c1-16-7-8-22-20(14-31-34-22)23(16)24-21(29)13-19-26(25(24)30)32-28(38-15-17-5-3-10-35(17)2)33-27(19)36-11-4-6-18(37)9-12-36;3-2(4,5)1(6)7/h7-8,13-14,17-18,37H,3-6,9-12,15H2,1-2H3,(H,31,34);(H,6,7)/t17-,18?;/m0./s1. The molecule has 1 unspecified atom stereocenters. The van der Waals surface area contributed by atoms with Crippen LogP contribution in [-0.4, -0.2) is 92.9 Å². The minimum absolute atomic E-state index is 0.156. The van der Waals surface area contributed by atoms with Crippen molar-refractivity contribution in [2.45, 2.75) is 57.3 Å². The number of benzene rings is 2. The van der Waals surface area contributed by atoms with Gasteiger partial charge in [0.25, 0.3) is 0 Å². The van der Waals surface area contributed by atoms with Crippen molar-refractivity contribution in [3.05, 3.63) is 40.8 Å². The van der Waals surface area contributed by atoms with Crippen molar-refractivity contribution in [2.24, 2.45) is 0 Å². The zero-order valence-corrected chi connectivity index (χ0v) is 25.4. The second-order valence-corrected chi connectivity index (χ2v) is 11.7. The first kappa shape index (κ1) is 32.6. The normalized spacial score (nSPS) is 19.4. The van der Waals surface area contributed by atoms with Gasteiger partial charge in [-0.15, -0.1) is 0 Å². The van der Waals surface area contributed by atoms with Gasteiger partial charge in [0.15, 0.2) is 5.82 Å². The van der Waals surface area contributed by atoms with E-state index in [0.29, 0.717) is 48.4 Å². The number of alkyl halides is 3. The maximum absolute atomic E-state index is 16.6. The van der Waals surface area contributed by atoms with E-state index < -0.39 is 18.0 Å². The number of aromatic nitrogens is 4. The number of nitrogens with one attached hydrogen (secondary N) is 1. The van der Waals surface area contributed by atoms with E-state index in [4.69, 9.17) is 31.2 Å². The Morgan fingerprint density at radius 3 is 2.53 bits per heavy atom. The quantitative estimate of drug-likeness (QED) is 0.232. The maximum atomic E-state index is 16.6. The van der Waals surface area contributed by atoms with Crippen LogP contribution in [0.2, 0.25) is 5.02 Å². The van der Waals surface area contributed by atoms with Crippen LogP contribution in [0.3, 0.4) is 0 Å². The molecule has 45 heavy (non-hydrogen) atoms. The zero-order chi connectivity index (χ0) is 32.5. The van der Waals surface area contributed by atoms with Crippen LogP contribution in [0.1, 0.15) is 37.7 Å². The first-order valence-corrected chi connectivity index (χ1v) is 14.9. The topological polar surface area (TPSA) is 128 Å². The molecule has 4 heterocycles. The van der Waals surface area contributed by atoms with Gasteiger partial charge in [0.1, 0.15) is 17.9 Å². The van der Waals surface area contributed by atoms with E-state index >= 15 is 4.39 Å². The fraction of sp³-hybridized carbons (Fsp3) is 0.467. The molecule has 0 radical (unpaired) electrons. The molecule has 6 rings (SSSR count). The number of carbonyl (C=O) groups is 1. The molecule has 2 aliphatic heterocycles. The molecule has 0 saturated carbocycles. The number of aliphatic carboxylic acids is 1. The zero-order valence-electron chi connectivity index (χ0n) is 24.7. The molecule has 0 aliphatic carbocycles. The molecular formula is C30H33ClF4N6O4. The highest BCUT2D eigenvalue weighted by Crippen LogP contribution is 2.42. The Bertz CT molecular complexity index is 1700. The number of anilines is 1. The molecule has 2 fully saturated rings. The minimum Gasteiger partial charge on any atom is -0.475 e. The van der Waals surface area contributed by atoms with Gasteiger partial charge >= 0.3 is 18.2 Å². The third-order valence-electron chi connectivity index (χ3n) is 8.24. The molecule has 4 aromatic rings. The number of carboxylic acid groups (broad SMARTS) is 1. The molecule has 0 spiro atoms. The first-order chi connectivity index (χ1) is 21.3. The number of carboxylic acids is 1. The van der Waals surface area contributed by atoms with E-state index in [1.807, 2.05) is 19.1 Å². The largest absolute Gasteiger partial charge is 0.490 e. The molecule has 0 bridgehead atoms. The van der Waals surface area contributed by atoms with Crippen LogP contribution in [0.25, 0.3) is 32.9 Å². The summed E-state index contributed by atoms with van der Waals surface area (Å²) in [6.45, 7) is 4.70. The Morgan fingerprint density at radius 1 is 1.11 bits per heavy atom. The lowest BCUT2D eigenvalue weighted by molar-refractivity contribution is -0.192. The van der Waals surface area contributed by atoms with Crippen molar-refractivity contribution in [1.29, 1.82) is 0 Å². The number of rotatable bonds is 5. The molecule has 2 saturated heterocycles. The molecule has 2 aromatic carbocycles. The lowest BCUT2D eigenvalue weighted by Gasteiger charge is -2.25. The van der Waals surface area contributed by atoms with Crippen molar-refractivity contribution < 1.29 is 37.3 Å². The SMILES string of the molecule is Cc1ccc2[nH]ncc2c1-c1c(Cl)cc2c(N3CCCC(O)CC3)nc(OC[C@@H]3CCCN3C)nc2c1F.O=C(O)C(F)(F)F. The van der Waals surface area contributed by atoms with Crippen LogP contribution in [-0.2, 0) is 4.79 Å². The highest BCUT2D eigenvalue weighted by atomic mass is 35.5. The van der Waals surface area contributed by atoms with E-state index in [2.05, 4.69) is 32.0 Å². The summed E-state index contributed by atoms with van der Waals surface area (Å²) in [5.74, 6) is -2.68. The molecule has 0 amide bonds. The summed E-state index contributed by atoms with van der Waals surface area (Å²) in [7, 11) is 2.09. The maximum Gasteiger partial charge on any atom is 0.490 e. The van der Waals surface area contributed by atoms with E-state index in [0.717, 1.165) is 48.7 Å². The number of aliphatic hydroxyl groups excluding tert-OH is 1. The Hall–Kier alpha value is -3.75. The van der Waals surface area contributed by atoms with Crippen molar-refractivity contribution in [2.75, 3.05) is 38.2 Å². The summed E-state index contributed by atoms with van der Waals surface area (Å²) >= 11 is 6.83. The molecule has 2 atom stereocenters. The second kappa shape index (κ2) is 13.3. The van der Waals surface area contributed by atoms with Crippen molar-refractivity contribution in [1.82, 2.24) is 25.1 Å². The fourth-order valence-electron chi connectivity index (χ4n) is 5.80. The van der Waals surface area contributed by atoms with Gasteiger partial charge in [0, 0.05) is 41.0 Å². The van der Waals surface area contributed by atoms with Gasteiger partial charge in [-0.3, -0.25) is 5.10 Å². The molecule has 242 valence electrons. The summed E-state index contributed by atoms with van der Waals surface area (Å²) in [5, 5.41) is 26.1. The number of halogens is 5. The van der Waals surface area contributed by atoms with E-state index in [-0.39, 0.29) is 28.7 Å². The van der Waals surface area contributed by atoms with Crippen molar-refractivity contribution >= 4 is 45.2 Å². The minimum atomic E-state index is -5.08. The van der Waals surface area contributed by atoms with Gasteiger partial charge in [0.05, 0.1) is 22.8 Å². The van der Waals surface area contributed by atoms with E-state index in [1.165, 1.54) is 0 Å². The Labute approximate surface area is 261 Å². The number of hydrogen-bond donors (Lipinski definition) is 3. The van der Waals surface area contributed by atoms with Gasteiger partial charge in [-0.2, -0.15) is 28.2 Å². The van der Waals surface area contributed by atoms with Gasteiger partial charge in [-0.1, -0.05) is 17.7 Å². The summed E-state index contributed by atoms with van der Waals surface area (Å²) in [6, 6.07) is 6.05. The first-order valence-electron chi connectivity index (χ1n) is 14.5.